The molecule has 7 heteroatoms. The molecule has 1 aromatic rings. The fourth-order valence-corrected chi connectivity index (χ4v) is 1.90. The maximum atomic E-state index is 10.9. The fraction of sp³-hybridized carbons (Fsp3) is 0.500. The minimum absolute atomic E-state index is 0.231. The van der Waals surface area contributed by atoms with Crippen molar-refractivity contribution in [1.82, 2.24) is 5.32 Å². The van der Waals surface area contributed by atoms with Crippen molar-refractivity contribution in [2.24, 2.45) is 0 Å². The number of hydrogen-bond acceptors (Lipinski definition) is 5. The molecule has 0 fully saturated rings. The Morgan fingerprint density at radius 3 is 2.71 bits per heavy atom. The van der Waals surface area contributed by atoms with Gasteiger partial charge in [0.2, 0.25) is 0 Å². The molecule has 0 aliphatic carbocycles. The number of rotatable bonds is 9. The number of methoxy groups -OCH3 is 2. The largest absolute Gasteiger partial charge is 0.493 e. The number of carboxylic acid groups (broad SMARTS) is 1. The lowest BCUT2D eigenvalue weighted by Crippen LogP contribution is -2.23. The molecule has 0 spiro atoms. The summed E-state index contributed by atoms with van der Waals surface area (Å²) in [4.78, 5) is 10.9. The van der Waals surface area contributed by atoms with E-state index < -0.39 is 12.1 Å². The van der Waals surface area contributed by atoms with Crippen LogP contribution in [0.4, 0.5) is 0 Å². The van der Waals surface area contributed by atoms with Crippen molar-refractivity contribution < 1.29 is 24.1 Å². The van der Waals surface area contributed by atoms with E-state index in [1.807, 2.05) is 0 Å². The molecule has 0 heterocycles. The number of carbonyl (C=O) groups is 1. The third-order valence-electron chi connectivity index (χ3n) is 2.74. The highest BCUT2D eigenvalue weighted by Crippen LogP contribution is 2.37. The maximum Gasteiger partial charge on any atom is 0.344 e. The Balaban J connectivity index is 2.84. The summed E-state index contributed by atoms with van der Waals surface area (Å²) in [6, 6.07) is 3.48. The van der Waals surface area contributed by atoms with Crippen molar-refractivity contribution in [1.29, 1.82) is 0 Å². The molecule has 2 N–H and O–H groups in total. The second kappa shape index (κ2) is 8.71. The van der Waals surface area contributed by atoms with E-state index >= 15 is 0 Å². The molecular formula is C14H20ClNO5. The molecule has 6 nitrogen and oxygen atoms in total. The molecule has 0 radical (unpaired) electrons. The molecule has 1 aromatic carbocycles. The molecule has 0 saturated heterocycles. The second-order valence-electron chi connectivity index (χ2n) is 4.38. The number of hydrogen-bond donors (Lipinski definition) is 2. The van der Waals surface area contributed by atoms with Crippen LogP contribution in [0.3, 0.4) is 0 Å². The Morgan fingerprint density at radius 1 is 1.43 bits per heavy atom. The highest BCUT2D eigenvalue weighted by molar-refractivity contribution is 6.32. The van der Waals surface area contributed by atoms with Gasteiger partial charge >= 0.3 is 5.97 Å². The van der Waals surface area contributed by atoms with Crippen LogP contribution >= 0.6 is 11.6 Å². The summed E-state index contributed by atoms with van der Waals surface area (Å²) in [5.74, 6) is -0.438. The highest BCUT2D eigenvalue weighted by Gasteiger charge is 2.19. The minimum atomic E-state index is -1.07. The molecule has 0 amide bonds. The van der Waals surface area contributed by atoms with E-state index in [-0.39, 0.29) is 5.75 Å². The molecule has 1 unspecified atom stereocenters. The van der Waals surface area contributed by atoms with Gasteiger partial charge in [-0.2, -0.15) is 0 Å². The molecule has 0 bridgehead atoms. The van der Waals surface area contributed by atoms with Crippen molar-refractivity contribution in [2.75, 3.05) is 27.4 Å². The zero-order valence-electron chi connectivity index (χ0n) is 12.3. The van der Waals surface area contributed by atoms with Gasteiger partial charge in [-0.1, -0.05) is 11.6 Å². The number of nitrogens with one attached hydrogen (secondary N) is 1. The van der Waals surface area contributed by atoms with Crippen molar-refractivity contribution in [3.63, 3.8) is 0 Å². The van der Waals surface area contributed by atoms with Crippen LogP contribution in [0.1, 0.15) is 12.5 Å². The van der Waals surface area contributed by atoms with Crippen LogP contribution in [0.2, 0.25) is 5.02 Å². The smallest absolute Gasteiger partial charge is 0.344 e. The predicted octanol–water partition coefficient (Wildman–Crippen LogP) is 1.94. The van der Waals surface area contributed by atoms with Gasteiger partial charge in [0.05, 0.1) is 18.7 Å². The summed E-state index contributed by atoms with van der Waals surface area (Å²) in [7, 11) is 3.11. The van der Waals surface area contributed by atoms with E-state index in [0.717, 1.165) is 5.56 Å². The zero-order valence-corrected chi connectivity index (χ0v) is 13.1. The first kappa shape index (κ1) is 17.6. The van der Waals surface area contributed by atoms with Crippen molar-refractivity contribution >= 4 is 17.6 Å². The van der Waals surface area contributed by atoms with Gasteiger partial charge in [-0.25, -0.2) is 4.79 Å². The monoisotopic (exact) mass is 317 g/mol. The Labute approximate surface area is 129 Å². The topological polar surface area (TPSA) is 77.0 Å². The third-order valence-corrected chi connectivity index (χ3v) is 3.02. The fourth-order valence-electron chi connectivity index (χ4n) is 1.62. The first-order valence-corrected chi connectivity index (χ1v) is 6.83. The van der Waals surface area contributed by atoms with Crippen LogP contribution in [-0.2, 0) is 16.1 Å². The standard InChI is InChI=1S/C14H20ClNO5/c1-9(14(17)18)21-13-11(15)6-10(7-12(13)20-3)8-16-4-5-19-2/h6-7,9,16H,4-5,8H2,1-3H3,(H,17,18). The summed E-state index contributed by atoms with van der Waals surface area (Å²) in [5, 5.41) is 12.4. The van der Waals surface area contributed by atoms with Gasteiger partial charge in [-0.3, -0.25) is 0 Å². The summed E-state index contributed by atoms with van der Waals surface area (Å²) >= 11 is 6.15. The Hall–Kier alpha value is -1.50. The molecule has 21 heavy (non-hydrogen) atoms. The Kier molecular flexibility index (Phi) is 7.28. The van der Waals surface area contributed by atoms with Crippen molar-refractivity contribution in [3.05, 3.63) is 22.7 Å². The summed E-state index contributed by atoms with van der Waals surface area (Å²) in [5.41, 5.74) is 0.906. The van der Waals surface area contributed by atoms with Gasteiger partial charge in [-0.05, 0) is 24.6 Å². The summed E-state index contributed by atoms with van der Waals surface area (Å²) in [6.07, 6.45) is -1.01. The van der Waals surface area contributed by atoms with Gasteiger partial charge in [0.1, 0.15) is 0 Å². The number of aliphatic carboxylic acids is 1. The lowest BCUT2D eigenvalue weighted by Gasteiger charge is -2.16. The molecular weight excluding hydrogens is 298 g/mol. The Bertz CT molecular complexity index is 481. The molecule has 0 aromatic heterocycles. The molecule has 0 aliphatic heterocycles. The van der Waals surface area contributed by atoms with Crippen LogP contribution in [0.15, 0.2) is 12.1 Å². The second-order valence-corrected chi connectivity index (χ2v) is 4.78. The highest BCUT2D eigenvalue weighted by atomic mass is 35.5. The van der Waals surface area contributed by atoms with E-state index in [2.05, 4.69) is 5.32 Å². The lowest BCUT2D eigenvalue weighted by atomic mass is 10.2. The van der Waals surface area contributed by atoms with E-state index in [1.54, 1.807) is 19.2 Å². The van der Waals surface area contributed by atoms with E-state index in [1.165, 1.54) is 14.0 Å². The van der Waals surface area contributed by atoms with Crippen molar-refractivity contribution in [2.45, 2.75) is 19.6 Å². The van der Waals surface area contributed by atoms with Gasteiger partial charge in [0.15, 0.2) is 17.6 Å². The maximum absolute atomic E-state index is 10.9. The lowest BCUT2D eigenvalue weighted by molar-refractivity contribution is -0.144. The first-order valence-electron chi connectivity index (χ1n) is 6.45. The molecule has 118 valence electrons. The number of ether oxygens (including phenoxy) is 3. The number of benzene rings is 1. The zero-order chi connectivity index (χ0) is 15.8. The molecule has 0 aliphatic rings. The van der Waals surface area contributed by atoms with Crippen LogP contribution in [-0.4, -0.2) is 44.6 Å². The quantitative estimate of drug-likeness (QED) is 0.678. The predicted molar refractivity (Wildman–Crippen MR) is 79.3 cm³/mol. The Morgan fingerprint density at radius 2 is 2.14 bits per heavy atom. The van der Waals surface area contributed by atoms with Gasteiger partial charge in [0, 0.05) is 20.2 Å². The normalized spacial score (nSPS) is 12.0. The van der Waals surface area contributed by atoms with Crippen molar-refractivity contribution in [3.8, 4) is 11.5 Å². The third kappa shape index (κ3) is 5.41. The number of halogens is 1. The summed E-state index contributed by atoms with van der Waals surface area (Å²) in [6.45, 7) is 3.35. The first-order chi connectivity index (χ1) is 9.99. The number of carboxylic acids is 1. The SMILES string of the molecule is COCCNCc1cc(Cl)c(OC(C)C(=O)O)c(OC)c1. The average Bonchev–Trinajstić information content (AvgIpc) is 2.45. The molecule has 1 rings (SSSR count). The van der Waals surface area contributed by atoms with Gasteiger partial charge in [-0.15, -0.1) is 0 Å². The van der Waals surface area contributed by atoms with Gasteiger partial charge < -0.3 is 24.6 Å². The molecule has 1 atom stereocenters. The van der Waals surface area contributed by atoms with E-state index in [0.29, 0.717) is 30.5 Å². The van der Waals surface area contributed by atoms with E-state index in [9.17, 15) is 4.79 Å². The summed E-state index contributed by atoms with van der Waals surface area (Å²) < 4.78 is 15.5. The van der Waals surface area contributed by atoms with Crippen LogP contribution < -0.4 is 14.8 Å². The van der Waals surface area contributed by atoms with Gasteiger partial charge in [0.25, 0.3) is 0 Å². The average molecular weight is 318 g/mol. The van der Waals surface area contributed by atoms with E-state index in [4.69, 9.17) is 30.9 Å². The van der Waals surface area contributed by atoms with Crippen LogP contribution in [0.5, 0.6) is 11.5 Å². The van der Waals surface area contributed by atoms with Crippen LogP contribution in [0, 0.1) is 0 Å². The molecule has 0 saturated carbocycles. The minimum Gasteiger partial charge on any atom is -0.493 e. The van der Waals surface area contributed by atoms with Crippen LogP contribution in [0.25, 0.3) is 0 Å².